The highest BCUT2D eigenvalue weighted by atomic mass is 19.4. The second kappa shape index (κ2) is 8.14. The lowest BCUT2D eigenvalue weighted by Gasteiger charge is -2.37. The second-order valence-electron chi connectivity index (χ2n) is 7.90. The molecule has 2 heterocycles. The number of carbonyl (C=O) groups excluding carboxylic acids is 1. The number of aromatic nitrogens is 2. The lowest BCUT2D eigenvalue weighted by Crippen LogP contribution is -2.51. The highest BCUT2D eigenvalue weighted by Gasteiger charge is 2.33. The van der Waals surface area contributed by atoms with Gasteiger partial charge in [-0.3, -0.25) is 9.69 Å². The van der Waals surface area contributed by atoms with Gasteiger partial charge in [-0.25, -0.2) is 0 Å². The van der Waals surface area contributed by atoms with E-state index in [-0.39, 0.29) is 22.7 Å². The van der Waals surface area contributed by atoms with E-state index in [0.717, 1.165) is 18.6 Å². The molecule has 0 N–H and O–H groups in total. The third-order valence-electron chi connectivity index (χ3n) is 5.40. The lowest BCUT2D eigenvalue weighted by molar-refractivity contribution is -0.142. The first-order valence-electron chi connectivity index (χ1n) is 9.62. The van der Waals surface area contributed by atoms with Crippen molar-refractivity contribution < 1.29 is 22.5 Å². The van der Waals surface area contributed by atoms with Gasteiger partial charge >= 0.3 is 6.18 Å². The minimum absolute atomic E-state index is 0.129. The number of hydrogen-bond acceptors (Lipinski definition) is 5. The van der Waals surface area contributed by atoms with E-state index in [4.69, 9.17) is 4.52 Å². The molecular weight excluding hydrogens is 385 g/mol. The normalized spacial score (nSPS) is 16.3. The third-order valence-corrected chi connectivity index (χ3v) is 5.40. The molecule has 0 bridgehead atoms. The Kier molecular flexibility index (Phi) is 5.97. The molecule has 0 atom stereocenters. The molecule has 29 heavy (non-hydrogen) atoms. The maximum Gasteiger partial charge on any atom is 0.416 e. The molecule has 1 fully saturated rings. The van der Waals surface area contributed by atoms with Crippen molar-refractivity contribution in [1.82, 2.24) is 19.9 Å². The van der Waals surface area contributed by atoms with Gasteiger partial charge < -0.3 is 9.42 Å². The number of amides is 1. The summed E-state index contributed by atoms with van der Waals surface area (Å²) in [5, 5.41) is 3.82. The summed E-state index contributed by atoms with van der Waals surface area (Å²) in [4.78, 5) is 20.8. The van der Waals surface area contributed by atoms with Crippen molar-refractivity contribution >= 4 is 5.91 Å². The van der Waals surface area contributed by atoms with E-state index in [0.29, 0.717) is 38.6 Å². The fraction of sp³-hybridized carbons (Fsp3) is 0.550. The van der Waals surface area contributed by atoms with Crippen LogP contribution in [-0.2, 0) is 17.5 Å². The third kappa shape index (κ3) is 4.95. The van der Waals surface area contributed by atoms with Crippen LogP contribution in [0.15, 0.2) is 28.8 Å². The summed E-state index contributed by atoms with van der Waals surface area (Å²) in [6, 6.07) is 4.85. The first-order valence-corrected chi connectivity index (χ1v) is 9.62. The molecule has 1 aromatic heterocycles. The Hall–Kier alpha value is -2.42. The summed E-state index contributed by atoms with van der Waals surface area (Å²) in [5.74, 6) is 0.625. The van der Waals surface area contributed by atoms with Gasteiger partial charge in [0, 0.05) is 37.2 Å². The first kappa shape index (κ1) is 21.3. The monoisotopic (exact) mass is 410 g/mol. The van der Waals surface area contributed by atoms with Crippen LogP contribution in [0.2, 0.25) is 0 Å². The smallest absolute Gasteiger partial charge is 0.340 e. The number of piperazine rings is 1. The van der Waals surface area contributed by atoms with Gasteiger partial charge in [0.25, 0.3) is 0 Å². The Bertz CT molecular complexity index is 855. The molecule has 6 nitrogen and oxygen atoms in total. The van der Waals surface area contributed by atoms with Crippen molar-refractivity contribution in [2.45, 2.75) is 39.9 Å². The summed E-state index contributed by atoms with van der Waals surface area (Å²) >= 11 is 0. The van der Waals surface area contributed by atoms with Gasteiger partial charge in [-0.1, -0.05) is 38.1 Å². The molecule has 1 aromatic carbocycles. The van der Waals surface area contributed by atoms with Crippen molar-refractivity contribution in [2.75, 3.05) is 26.2 Å². The largest absolute Gasteiger partial charge is 0.416 e. The van der Waals surface area contributed by atoms with E-state index in [9.17, 15) is 18.0 Å². The van der Waals surface area contributed by atoms with Crippen molar-refractivity contribution in [3.63, 3.8) is 0 Å². The number of benzene rings is 1. The lowest BCUT2D eigenvalue weighted by atomic mass is 9.88. The van der Waals surface area contributed by atoms with Crippen molar-refractivity contribution in [3.8, 4) is 11.4 Å². The molecule has 1 amide bonds. The second-order valence-corrected chi connectivity index (χ2v) is 7.90. The van der Waals surface area contributed by atoms with E-state index in [1.54, 1.807) is 0 Å². The van der Waals surface area contributed by atoms with Crippen LogP contribution < -0.4 is 0 Å². The van der Waals surface area contributed by atoms with Crippen molar-refractivity contribution in [1.29, 1.82) is 0 Å². The van der Waals surface area contributed by atoms with Gasteiger partial charge in [0.15, 0.2) is 0 Å². The molecule has 0 aliphatic carbocycles. The Morgan fingerprint density at radius 2 is 1.86 bits per heavy atom. The number of alkyl halides is 3. The number of nitrogens with zero attached hydrogens (tertiary/aromatic N) is 4. The maximum absolute atomic E-state index is 12.9. The number of halogens is 3. The quantitative estimate of drug-likeness (QED) is 0.750. The van der Waals surface area contributed by atoms with E-state index in [1.165, 1.54) is 12.1 Å². The molecule has 2 aromatic rings. The van der Waals surface area contributed by atoms with Gasteiger partial charge in [0.1, 0.15) is 0 Å². The van der Waals surface area contributed by atoms with Crippen LogP contribution in [0.4, 0.5) is 13.2 Å². The van der Waals surface area contributed by atoms with Crippen LogP contribution in [0.1, 0.15) is 38.6 Å². The van der Waals surface area contributed by atoms with Crippen molar-refractivity contribution in [3.05, 3.63) is 35.7 Å². The van der Waals surface area contributed by atoms with E-state index < -0.39 is 11.7 Å². The standard InChI is InChI=1S/C20H25F3N4O2/c1-4-19(2,3)18(28)27-10-8-26(9-11-27)13-16-24-17(25-29-16)14-6-5-7-15(12-14)20(21,22)23/h5-7,12H,4,8-11,13H2,1-3H3. The molecule has 1 aliphatic rings. The molecule has 158 valence electrons. The zero-order chi connectivity index (χ0) is 21.2. The summed E-state index contributed by atoms with van der Waals surface area (Å²) in [6.45, 7) is 8.90. The molecule has 0 radical (unpaired) electrons. The molecule has 9 heteroatoms. The Morgan fingerprint density at radius 1 is 1.17 bits per heavy atom. The molecule has 3 rings (SSSR count). The summed E-state index contributed by atoms with van der Waals surface area (Å²) in [7, 11) is 0. The number of carbonyl (C=O) groups is 1. The zero-order valence-corrected chi connectivity index (χ0v) is 16.8. The topological polar surface area (TPSA) is 62.5 Å². The number of rotatable bonds is 5. The zero-order valence-electron chi connectivity index (χ0n) is 16.8. The average Bonchev–Trinajstić information content (AvgIpc) is 3.16. The molecule has 0 saturated carbocycles. The van der Waals surface area contributed by atoms with Gasteiger partial charge in [-0.05, 0) is 18.6 Å². The first-order chi connectivity index (χ1) is 13.6. The fourth-order valence-electron chi connectivity index (χ4n) is 3.15. The van der Waals surface area contributed by atoms with Gasteiger partial charge in [-0.15, -0.1) is 0 Å². The number of hydrogen-bond donors (Lipinski definition) is 0. The predicted molar refractivity (Wildman–Crippen MR) is 101 cm³/mol. The maximum atomic E-state index is 12.9. The summed E-state index contributed by atoms with van der Waals surface area (Å²) in [5.41, 5.74) is -0.863. The van der Waals surface area contributed by atoms with Crippen LogP contribution in [0.5, 0.6) is 0 Å². The van der Waals surface area contributed by atoms with Crippen LogP contribution in [0.3, 0.4) is 0 Å². The van der Waals surface area contributed by atoms with Crippen molar-refractivity contribution in [2.24, 2.45) is 5.41 Å². The Morgan fingerprint density at radius 3 is 2.48 bits per heavy atom. The van der Waals surface area contributed by atoms with Gasteiger partial charge in [0.05, 0.1) is 12.1 Å². The summed E-state index contributed by atoms with van der Waals surface area (Å²) < 4.78 is 43.9. The molecule has 0 spiro atoms. The minimum Gasteiger partial charge on any atom is -0.340 e. The molecule has 1 aliphatic heterocycles. The van der Waals surface area contributed by atoms with Crippen LogP contribution in [0.25, 0.3) is 11.4 Å². The predicted octanol–water partition coefficient (Wildman–Crippen LogP) is 3.84. The van der Waals surface area contributed by atoms with E-state index in [2.05, 4.69) is 15.0 Å². The van der Waals surface area contributed by atoms with Crippen LogP contribution >= 0.6 is 0 Å². The highest BCUT2D eigenvalue weighted by Crippen LogP contribution is 2.31. The Labute approximate surface area is 167 Å². The van der Waals surface area contributed by atoms with Crippen LogP contribution in [0, 0.1) is 5.41 Å². The van der Waals surface area contributed by atoms with Gasteiger partial charge in [-0.2, -0.15) is 18.2 Å². The fourth-order valence-corrected chi connectivity index (χ4v) is 3.15. The van der Waals surface area contributed by atoms with Gasteiger partial charge in [0.2, 0.25) is 17.6 Å². The minimum atomic E-state index is -4.42. The molecular formula is C20H25F3N4O2. The van der Waals surface area contributed by atoms with Crippen LogP contribution in [-0.4, -0.2) is 52.0 Å². The molecule has 0 unspecified atom stereocenters. The summed E-state index contributed by atoms with van der Waals surface area (Å²) in [6.07, 6.45) is -3.64. The Balaban J connectivity index is 1.60. The SMILES string of the molecule is CCC(C)(C)C(=O)N1CCN(Cc2nc(-c3cccc(C(F)(F)F)c3)no2)CC1. The molecule has 1 saturated heterocycles. The average molecular weight is 410 g/mol. The van der Waals surface area contributed by atoms with E-state index in [1.807, 2.05) is 25.7 Å². The highest BCUT2D eigenvalue weighted by molar-refractivity contribution is 5.82. The van der Waals surface area contributed by atoms with E-state index >= 15 is 0 Å².